The normalized spacial score (nSPS) is 9.76. The van der Waals surface area contributed by atoms with Crippen LogP contribution in [0.5, 0.6) is 0 Å². The second-order valence-corrected chi connectivity index (χ2v) is 3.32. The Morgan fingerprint density at radius 2 is 2.12 bits per heavy atom. The topological polar surface area (TPSA) is 101 Å². The highest BCUT2D eigenvalue weighted by molar-refractivity contribution is 5.89. The van der Waals surface area contributed by atoms with Crippen LogP contribution in [0.4, 0.5) is 10.5 Å². The highest BCUT2D eigenvalue weighted by atomic mass is 16.7. The van der Waals surface area contributed by atoms with Crippen LogP contribution in [0.2, 0.25) is 0 Å². The standard InChI is InChI=1S/C10H13N3O4/c1-6-3-4-8(7(2)11-6)12-10(16)13-17-5-9(14)15/h3-4H,5H2,1-2H3,(H,14,15)(H2,12,13,16). The Labute approximate surface area is 97.8 Å². The van der Waals surface area contributed by atoms with Crippen molar-refractivity contribution in [3.05, 3.63) is 23.5 Å². The summed E-state index contributed by atoms with van der Waals surface area (Å²) >= 11 is 0. The van der Waals surface area contributed by atoms with E-state index in [1.165, 1.54) is 0 Å². The summed E-state index contributed by atoms with van der Waals surface area (Å²) in [4.78, 5) is 30.0. The zero-order chi connectivity index (χ0) is 12.8. The first-order valence-electron chi connectivity index (χ1n) is 4.84. The summed E-state index contributed by atoms with van der Waals surface area (Å²) in [7, 11) is 0. The van der Waals surface area contributed by atoms with Gasteiger partial charge in [0.05, 0.1) is 11.4 Å². The maximum Gasteiger partial charge on any atom is 0.343 e. The molecule has 2 amide bonds. The van der Waals surface area contributed by atoms with Crippen molar-refractivity contribution in [1.82, 2.24) is 10.5 Å². The van der Waals surface area contributed by atoms with Gasteiger partial charge < -0.3 is 10.4 Å². The van der Waals surface area contributed by atoms with E-state index in [2.05, 4.69) is 15.1 Å². The molecule has 0 unspecified atom stereocenters. The summed E-state index contributed by atoms with van der Waals surface area (Å²) in [6, 6.07) is 2.80. The van der Waals surface area contributed by atoms with Gasteiger partial charge in [0.2, 0.25) is 0 Å². The minimum atomic E-state index is -1.17. The number of aromatic nitrogens is 1. The lowest BCUT2D eigenvalue weighted by Crippen LogP contribution is -2.31. The second kappa shape index (κ2) is 5.80. The number of aryl methyl sites for hydroxylation is 2. The summed E-state index contributed by atoms with van der Waals surface area (Å²) in [6.45, 7) is 2.99. The van der Waals surface area contributed by atoms with E-state index >= 15 is 0 Å². The maximum atomic E-state index is 11.3. The number of aliphatic carboxylic acids is 1. The fourth-order valence-corrected chi connectivity index (χ4v) is 1.13. The van der Waals surface area contributed by atoms with Crippen molar-refractivity contribution < 1.29 is 19.5 Å². The smallest absolute Gasteiger partial charge is 0.343 e. The molecule has 3 N–H and O–H groups in total. The van der Waals surface area contributed by atoms with Gasteiger partial charge in [-0.15, -0.1) is 0 Å². The summed E-state index contributed by atoms with van der Waals surface area (Å²) < 4.78 is 0. The maximum absolute atomic E-state index is 11.3. The predicted molar refractivity (Wildman–Crippen MR) is 59.5 cm³/mol. The molecule has 0 radical (unpaired) electrons. The molecule has 7 nitrogen and oxygen atoms in total. The number of hydrogen-bond donors (Lipinski definition) is 3. The van der Waals surface area contributed by atoms with Crippen LogP contribution in [0, 0.1) is 13.8 Å². The highest BCUT2D eigenvalue weighted by Gasteiger charge is 2.06. The van der Waals surface area contributed by atoms with Gasteiger partial charge in [0.15, 0.2) is 6.61 Å². The molecule has 0 aliphatic rings. The molecule has 7 heteroatoms. The van der Waals surface area contributed by atoms with E-state index in [0.717, 1.165) is 5.69 Å². The van der Waals surface area contributed by atoms with Gasteiger partial charge in [-0.2, -0.15) is 0 Å². The molecule has 1 rings (SSSR count). The first kappa shape index (κ1) is 12.9. The van der Waals surface area contributed by atoms with Crippen molar-refractivity contribution >= 4 is 17.7 Å². The Balaban J connectivity index is 2.48. The monoisotopic (exact) mass is 239 g/mol. The Bertz CT molecular complexity index is 434. The van der Waals surface area contributed by atoms with E-state index in [9.17, 15) is 9.59 Å². The third kappa shape index (κ3) is 4.47. The molecule has 0 aliphatic carbocycles. The molecule has 0 spiro atoms. The lowest BCUT2D eigenvalue weighted by atomic mass is 10.3. The van der Waals surface area contributed by atoms with Gasteiger partial charge in [-0.25, -0.2) is 15.1 Å². The molecule has 1 heterocycles. The minimum absolute atomic E-state index is 0.534. The van der Waals surface area contributed by atoms with Gasteiger partial charge in [-0.05, 0) is 26.0 Å². The number of carboxylic acids is 1. The molecule has 0 aliphatic heterocycles. The van der Waals surface area contributed by atoms with Crippen LogP contribution in [0.1, 0.15) is 11.4 Å². The largest absolute Gasteiger partial charge is 0.479 e. The first-order valence-corrected chi connectivity index (χ1v) is 4.84. The number of carboxylic acid groups (broad SMARTS) is 1. The fourth-order valence-electron chi connectivity index (χ4n) is 1.13. The van der Waals surface area contributed by atoms with Gasteiger partial charge in [0, 0.05) is 5.69 Å². The van der Waals surface area contributed by atoms with Gasteiger partial charge in [0.25, 0.3) is 0 Å². The van der Waals surface area contributed by atoms with Gasteiger partial charge >= 0.3 is 12.0 Å². The van der Waals surface area contributed by atoms with Crippen molar-refractivity contribution in [3.8, 4) is 0 Å². The van der Waals surface area contributed by atoms with E-state index in [1.54, 1.807) is 19.1 Å². The molecule has 0 bridgehead atoms. The van der Waals surface area contributed by atoms with Crippen LogP contribution < -0.4 is 10.8 Å². The van der Waals surface area contributed by atoms with Crippen molar-refractivity contribution in [2.45, 2.75) is 13.8 Å². The molecule has 0 atom stereocenters. The average Bonchev–Trinajstić information content (AvgIpc) is 2.21. The second-order valence-electron chi connectivity index (χ2n) is 3.32. The Hall–Kier alpha value is -2.15. The number of carbonyl (C=O) groups excluding carboxylic acids is 1. The van der Waals surface area contributed by atoms with Gasteiger partial charge in [0.1, 0.15) is 0 Å². The minimum Gasteiger partial charge on any atom is -0.479 e. The molecule has 1 aromatic heterocycles. The van der Waals surface area contributed by atoms with E-state index in [1.807, 2.05) is 12.4 Å². The molecular formula is C10H13N3O4. The number of rotatable bonds is 4. The van der Waals surface area contributed by atoms with Crippen molar-refractivity contribution in [2.75, 3.05) is 11.9 Å². The Morgan fingerprint density at radius 3 is 2.71 bits per heavy atom. The summed E-state index contributed by atoms with van der Waals surface area (Å²) in [6.07, 6.45) is 0. The SMILES string of the molecule is Cc1ccc(NC(=O)NOCC(=O)O)c(C)n1. The quantitative estimate of drug-likeness (QED) is 0.676. The number of anilines is 1. The molecular weight excluding hydrogens is 226 g/mol. The number of hydrogen-bond acceptors (Lipinski definition) is 4. The Kier molecular flexibility index (Phi) is 4.41. The number of urea groups is 1. The van der Waals surface area contributed by atoms with Crippen LogP contribution in [0.15, 0.2) is 12.1 Å². The number of nitrogens with zero attached hydrogens (tertiary/aromatic N) is 1. The van der Waals surface area contributed by atoms with Crippen LogP contribution in [-0.4, -0.2) is 28.7 Å². The number of amides is 2. The first-order chi connectivity index (χ1) is 7.99. The number of nitrogens with one attached hydrogen (secondary N) is 2. The average molecular weight is 239 g/mol. The van der Waals surface area contributed by atoms with Crippen molar-refractivity contribution in [3.63, 3.8) is 0 Å². The fraction of sp³-hybridized carbons (Fsp3) is 0.300. The van der Waals surface area contributed by atoms with Crippen LogP contribution >= 0.6 is 0 Å². The number of pyridine rings is 1. The van der Waals surface area contributed by atoms with E-state index in [0.29, 0.717) is 11.4 Å². The zero-order valence-electron chi connectivity index (χ0n) is 9.48. The van der Waals surface area contributed by atoms with Crippen molar-refractivity contribution in [2.24, 2.45) is 0 Å². The zero-order valence-corrected chi connectivity index (χ0v) is 9.48. The van der Waals surface area contributed by atoms with E-state index in [4.69, 9.17) is 5.11 Å². The van der Waals surface area contributed by atoms with Crippen LogP contribution in [0.25, 0.3) is 0 Å². The van der Waals surface area contributed by atoms with E-state index < -0.39 is 18.6 Å². The predicted octanol–water partition coefficient (Wildman–Crippen LogP) is 0.836. The third-order valence-corrected chi connectivity index (χ3v) is 1.83. The lowest BCUT2D eigenvalue weighted by molar-refractivity contribution is -0.143. The molecule has 0 fully saturated rings. The summed E-state index contributed by atoms with van der Waals surface area (Å²) in [5, 5.41) is 10.8. The summed E-state index contributed by atoms with van der Waals surface area (Å²) in [5.74, 6) is -1.17. The van der Waals surface area contributed by atoms with Crippen LogP contribution in [-0.2, 0) is 9.63 Å². The van der Waals surface area contributed by atoms with E-state index in [-0.39, 0.29) is 0 Å². The molecule has 92 valence electrons. The lowest BCUT2D eigenvalue weighted by Gasteiger charge is -2.08. The molecule has 0 aromatic carbocycles. The number of carbonyl (C=O) groups is 2. The molecule has 17 heavy (non-hydrogen) atoms. The van der Waals surface area contributed by atoms with Gasteiger partial charge in [-0.3, -0.25) is 9.82 Å². The third-order valence-electron chi connectivity index (χ3n) is 1.83. The Morgan fingerprint density at radius 1 is 1.41 bits per heavy atom. The van der Waals surface area contributed by atoms with Crippen LogP contribution in [0.3, 0.4) is 0 Å². The van der Waals surface area contributed by atoms with Crippen molar-refractivity contribution in [1.29, 1.82) is 0 Å². The highest BCUT2D eigenvalue weighted by Crippen LogP contribution is 2.11. The molecule has 0 saturated heterocycles. The molecule has 0 saturated carbocycles. The summed E-state index contributed by atoms with van der Waals surface area (Å²) in [5.41, 5.74) is 3.99. The molecule has 1 aromatic rings. The van der Waals surface area contributed by atoms with Gasteiger partial charge in [-0.1, -0.05) is 0 Å². The number of hydroxylamine groups is 1.